The molecule has 1 aliphatic rings. The number of hydrogen-bond donors (Lipinski definition) is 1. The molecule has 1 aliphatic carbocycles. The fourth-order valence-electron chi connectivity index (χ4n) is 2.10. The quantitative estimate of drug-likeness (QED) is 0.629. The van der Waals surface area contributed by atoms with Crippen LogP contribution in [-0.2, 0) is 0 Å². The van der Waals surface area contributed by atoms with Crippen LogP contribution in [0.1, 0.15) is 36.4 Å². The molecule has 0 radical (unpaired) electrons. The summed E-state index contributed by atoms with van der Waals surface area (Å²) in [6.07, 6.45) is 3.51. The van der Waals surface area contributed by atoms with Crippen LogP contribution in [0.25, 0.3) is 0 Å². The molecule has 2 N–H and O–H groups in total. The lowest BCUT2D eigenvalue weighted by atomic mass is 9.77. The standard InChI is InChI=1S/C12H16N2O2/c1-8-5-6-10(7-11(8)14(15)16)12(13)9-3-2-4-9/h5-7,9,12H,2-4,13H2,1H3. The van der Waals surface area contributed by atoms with Crippen LogP contribution >= 0.6 is 0 Å². The molecule has 4 heteroatoms. The first-order chi connectivity index (χ1) is 7.59. The monoisotopic (exact) mass is 220 g/mol. The first-order valence-corrected chi connectivity index (χ1v) is 5.60. The van der Waals surface area contributed by atoms with Crippen molar-refractivity contribution in [2.24, 2.45) is 11.7 Å². The molecule has 1 saturated carbocycles. The topological polar surface area (TPSA) is 69.2 Å². The molecule has 1 unspecified atom stereocenters. The number of nitro benzene ring substituents is 1. The van der Waals surface area contributed by atoms with Gasteiger partial charge in [0.15, 0.2) is 0 Å². The highest BCUT2D eigenvalue weighted by molar-refractivity contribution is 5.43. The number of hydrogen-bond acceptors (Lipinski definition) is 3. The van der Waals surface area contributed by atoms with E-state index >= 15 is 0 Å². The molecule has 86 valence electrons. The maximum absolute atomic E-state index is 10.8. The summed E-state index contributed by atoms with van der Waals surface area (Å²) in [6, 6.07) is 5.27. The van der Waals surface area contributed by atoms with Crippen molar-refractivity contribution in [3.63, 3.8) is 0 Å². The Labute approximate surface area is 94.6 Å². The number of aryl methyl sites for hydroxylation is 1. The summed E-state index contributed by atoms with van der Waals surface area (Å²) in [7, 11) is 0. The third kappa shape index (κ3) is 1.93. The van der Waals surface area contributed by atoms with Crippen molar-refractivity contribution in [3.05, 3.63) is 39.4 Å². The van der Waals surface area contributed by atoms with E-state index in [1.54, 1.807) is 19.1 Å². The first-order valence-electron chi connectivity index (χ1n) is 5.60. The van der Waals surface area contributed by atoms with Gasteiger partial charge in [-0.05, 0) is 31.2 Å². The summed E-state index contributed by atoms with van der Waals surface area (Å²) >= 11 is 0. The lowest BCUT2D eigenvalue weighted by Crippen LogP contribution is -2.26. The molecule has 1 aromatic rings. The number of benzene rings is 1. The minimum atomic E-state index is -0.341. The second-order valence-corrected chi connectivity index (χ2v) is 4.52. The SMILES string of the molecule is Cc1ccc(C(N)C2CCC2)cc1[N+](=O)[O-]. The molecule has 0 amide bonds. The average Bonchev–Trinajstić information content (AvgIpc) is 2.15. The van der Waals surface area contributed by atoms with Gasteiger partial charge in [0, 0.05) is 17.7 Å². The van der Waals surface area contributed by atoms with Crippen molar-refractivity contribution in [3.8, 4) is 0 Å². The Balaban J connectivity index is 2.27. The van der Waals surface area contributed by atoms with Crippen molar-refractivity contribution in [2.45, 2.75) is 32.2 Å². The van der Waals surface area contributed by atoms with Gasteiger partial charge in [0.1, 0.15) is 0 Å². The molecule has 16 heavy (non-hydrogen) atoms. The van der Waals surface area contributed by atoms with Gasteiger partial charge in [-0.1, -0.05) is 18.6 Å². The van der Waals surface area contributed by atoms with E-state index in [0.717, 1.165) is 18.4 Å². The Bertz CT molecular complexity index is 413. The predicted molar refractivity (Wildman–Crippen MR) is 62.1 cm³/mol. The van der Waals surface area contributed by atoms with E-state index in [2.05, 4.69) is 0 Å². The highest BCUT2D eigenvalue weighted by Gasteiger charge is 2.26. The molecule has 0 aromatic heterocycles. The summed E-state index contributed by atoms with van der Waals surface area (Å²) in [5.41, 5.74) is 7.85. The predicted octanol–water partition coefficient (Wildman–Crippen LogP) is 2.70. The second-order valence-electron chi connectivity index (χ2n) is 4.52. The van der Waals surface area contributed by atoms with Crippen LogP contribution in [0.15, 0.2) is 18.2 Å². The van der Waals surface area contributed by atoms with Crippen LogP contribution in [0.2, 0.25) is 0 Å². The Kier molecular flexibility index (Phi) is 2.92. The van der Waals surface area contributed by atoms with Crippen LogP contribution in [0, 0.1) is 23.0 Å². The molecule has 0 aliphatic heterocycles. The highest BCUT2D eigenvalue weighted by atomic mass is 16.6. The maximum atomic E-state index is 10.8. The first kappa shape index (κ1) is 11.1. The lowest BCUT2D eigenvalue weighted by molar-refractivity contribution is -0.385. The molecule has 2 rings (SSSR count). The van der Waals surface area contributed by atoms with Crippen molar-refractivity contribution >= 4 is 5.69 Å². The molecular formula is C12H16N2O2. The zero-order valence-electron chi connectivity index (χ0n) is 9.35. The molecule has 0 spiro atoms. The lowest BCUT2D eigenvalue weighted by Gasteiger charge is -2.31. The van der Waals surface area contributed by atoms with Crippen LogP contribution < -0.4 is 5.73 Å². The molecule has 0 saturated heterocycles. The van der Waals surface area contributed by atoms with E-state index in [1.165, 1.54) is 6.42 Å². The van der Waals surface area contributed by atoms with E-state index in [1.807, 2.05) is 6.07 Å². The Hall–Kier alpha value is -1.42. The number of nitrogens with zero attached hydrogens (tertiary/aromatic N) is 1. The largest absolute Gasteiger partial charge is 0.324 e. The third-order valence-electron chi connectivity index (χ3n) is 3.47. The molecule has 1 fully saturated rings. The molecule has 0 bridgehead atoms. The fourth-order valence-corrected chi connectivity index (χ4v) is 2.10. The molecule has 0 heterocycles. The summed E-state index contributed by atoms with van der Waals surface area (Å²) < 4.78 is 0. The zero-order valence-corrected chi connectivity index (χ0v) is 9.35. The van der Waals surface area contributed by atoms with Crippen LogP contribution in [0.4, 0.5) is 5.69 Å². The molecule has 1 aromatic carbocycles. The normalized spacial score (nSPS) is 17.9. The van der Waals surface area contributed by atoms with Gasteiger partial charge in [-0.3, -0.25) is 10.1 Å². The summed E-state index contributed by atoms with van der Waals surface area (Å²) in [5.74, 6) is 0.502. The molecule has 4 nitrogen and oxygen atoms in total. The summed E-state index contributed by atoms with van der Waals surface area (Å²) in [4.78, 5) is 10.5. The smallest absolute Gasteiger partial charge is 0.272 e. The van der Waals surface area contributed by atoms with E-state index in [9.17, 15) is 10.1 Å². The van der Waals surface area contributed by atoms with Gasteiger partial charge in [0.2, 0.25) is 0 Å². The van der Waals surface area contributed by atoms with E-state index in [4.69, 9.17) is 5.73 Å². The molecule has 1 atom stereocenters. The molecular weight excluding hydrogens is 204 g/mol. The second kappa shape index (κ2) is 4.22. The summed E-state index contributed by atoms with van der Waals surface area (Å²) in [5, 5.41) is 10.8. The maximum Gasteiger partial charge on any atom is 0.272 e. The van der Waals surface area contributed by atoms with Gasteiger partial charge in [-0.25, -0.2) is 0 Å². The number of rotatable bonds is 3. The highest BCUT2D eigenvalue weighted by Crippen LogP contribution is 2.37. The van der Waals surface area contributed by atoms with Gasteiger partial charge in [-0.2, -0.15) is 0 Å². The van der Waals surface area contributed by atoms with E-state index in [-0.39, 0.29) is 16.7 Å². The van der Waals surface area contributed by atoms with Crippen LogP contribution in [0.5, 0.6) is 0 Å². The van der Waals surface area contributed by atoms with Crippen molar-refractivity contribution < 1.29 is 4.92 Å². The Morgan fingerprint density at radius 1 is 1.50 bits per heavy atom. The zero-order chi connectivity index (χ0) is 11.7. The minimum absolute atomic E-state index is 0.0481. The van der Waals surface area contributed by atoms with E-state index in [0.29, 0.717) is 11.5 Å². The van der Waals surface area contributed by atoms with Crippen molar-refractivity contribution in [2.75, 3.05) is 0 Å². The third-order valence-corrected chi connectivity index (χ3v) is 3.47. The van der Waals surface area contributed by atoms with Crippen molar-refractivity contribution in [1.82, 2.24) is 0 Å². The number of nitro groups is 1. The minimum Gasteiger partial charge on any atom is -0.324 e. The van der Waals surface area contributed by atoms with Crippen LogP contribution in [0.3, 0.4) is 0 Å². The summed E-state index contributed by atoms with van der Waals surface area (Å²) in [6.45, 7) is 1.75. The number of nitrogens with two attached hydrogens (primary N) is 1. The average molecular weight is 220 g/mol. The van der Waals surface area contributed by atoms with Crippen molar-refractivity contribution in [1.29, 1.82) is 0 Å². The van der Waals surface area contributed by atoms with Gasteiger partial charge in [0.25, 0.3) is 5.69 Å². The fraction of sp³-hybridized carbons (Fsp3) is 0.500. The Morgan fingerprint density at radius 3 is 2.69 bits per heavy atom. The van der Waals surface area contributed by atoms with Crippen LogP contribution in [-0.4, -0.2) is 4.92 Å². The van der Waals surface area contributed by atoms with Gasteiger partial charge in [-0.15, -0.1) is 0 Å². The van der Waals surface area contributed by atoms with E-state index < -0.39 is 0 Å². The Morgan fingerprint density at radius 2 is 2.19 bits per heavy atom. The van der Waals surface area contributed by atoms with Gasteiger partial charge in [0.05, 0.1) is 4.92 Å². The van der Waals surface area contributed by atoms with Gasteiger partial charge < -0.3 is 5.73 Å². The van der Waals surface area contributed by atoms with Gasteiger partial charge >= 0.3 is 0 Å².